The number of anilines is 1. The SMILES string of the molecule is FC(F)(F)Sc1ccccc1NC1CCc2sc(Cl)cc21. The molecule has 1 atom stereocenters. The quantitative estimate of drug-likeness (QED) is 0.670. The molecular formula is C14H11ClF3NS2. The first-order chi connectivity index (χ1) is 9.92. The van der Waals surface area contributed by atoms with Crippen LogP contribution in [0.4, 0.5) is 18.9 Å². The first-order valence-electron chi connectivity index (χ1n) is 6.32. The van der Waals surface area contributed by atoms with Crippen molar-refractivity contribution in [3.05, 3.63) is 45.1 Å². The second-order valence-electron chi connectivity index (χ2n) is 4.71. The molecule has 1 aliphatic carbocycles. The molecule has 1 unspecified atom stereocenters. The smallest absolute Gasteiger partial charge is 0.377 e. The number of para-hydroxylation sites is 1. The number of aryl methyl sites for hydroxylation is 1. The molecule has 0 bridgehead atoms. The average molecular weight is 350 g/mol. The molecule has 3 rings (SSSR count). The van der Waals surface area contributed by atoms with Crippen molar-refractivity contribution < 1.29 is 13.2 Å². The summed E-state index contributed by atoms with van der Waals surface area (Å²) in [6, 6.07) is 8.45. The molecule has 21 heavy (non-hydrogen) atoms. The first kappa shape index (κ1) is 15.1. The zero-order valence-corrected chi connectivity index (χ0v) is 13.1. The van der Waals surface area contributed by atoms with E-state index in [4.69, 9.17) is 11.6 Å². The van der Waals surface area contributed by atoms with Crippen LogP contribution < -0.4 is 5.32 Å². The molecule has 1 aromatic heterocycles. The van der Waals surface area contributed by atoms with Crippen LogP contribution in [-0.4, -0.2) is 5.51 Å². The maximum Gasteiger partial charge on any atom is 0.446 e. The third kappa shape index (κ3) is 3.49. The number of fused-ring (bicyclic) bond motifs is 1. The molecule has 0 saturated carbocycles. The molecule has 7 heteroatoms. The Balaban J connectivity index is 1.83. The van der Waals surface area contributed by atoms with Gasteiger partial charge < -0.3 is 5.32 Å². The van der Waals surface area contributed by atoms with E-state index in [1.54, 1.807) is 29.5 Å². The summed E-state index contributed by atoms with van der Waals surface area (Å²) in [4.78, 5) is 1.42. The molecule has 1 nitrogen and oxygen atoms in total. The highest BCUT2D eigenvalue weighted by atomic mass is 35.5. The van der Waals surface area contributed by atoms with Crippen LogP contribution in [0.15, 0.2) is 35.2 Å². The van der Waals surface area contributed by atoms with Crippen LogP contribution in [0.25, 0.3) is 0 Å². The van der Waals surface area contributed by atoms with Gasteiger partial charge in [0.25, 0.3) is 0 Å². The van der Waals surface area contributed by atoms with E-state index in [0.717, 1.165) is 22.7 Å². The molecule has 0 amide bonds. The lowest BCUT2D eigenvalue weighted by atomic mass is 10.1. The highest BCUT2D eigenvalue weighted by molar-refractivity contribution is 8.00. The van der Waals surface area contributed by atoms with Gasteiger partial charge in [-0.25, -0.2) is 0 Å². The fourth-order valence-electron chi connectivity index (χ4n) is 2.47. The molecule has 2 aromatic rings. The predicted octanol–water partition coefficient (Wildman–Crippen LogP) is 6.11. The summed E-state index contributed by atoms with van der Waals surface area (Å²) in [5.41, 5.74) is -2.67. The van der Waals surface area contributed by atoms with Gasteiger partial charge in [0.1, 0.15) is 0 Å². The monoisotopic (exact) mass is 349 g/mol. The maximum atomic E-state index is 12.6. The average Bonchev–Trinajstić information content (AvgIpc) is 2.91. The Morgan fingerprint density at radius 1 is 1.29 bits per heavy atom. The molecule has 112 valence electrons. The number of hydrogen-bond donors (Lipinski definition) is 1. The van der Waals surface area contributed by atoms with Gasteiger partial charge in [0.15, 0.2) is 0 Å². The van der Waals surface area contributed by atoms with Crippen LogP contribution >= 0.6 is 34.7 Å². The number of rotatable bonds is 3. The number of halogens is 4. The van der Waals surface area contributed by atoms with Gasteiger partial charge in [-0.15, -0.1) is 11.3 Å². The fourth-order valence-corrected chi connectivity index (χ4v) is 4.46. The number of alkyl halides is 3. The number of nitrogens with one attached hydrogen (secondary N) is 1. The van der Waals surface area contributed by atoms with Crippen molar-refractivity contribution >= 4 is 40.4 Å². The Labute approximate surface area is 133 Å². The van der Waals surface area contributed by atoms with Crippen LogP contribution in [0.3, 0.4) is 0 Å². The molecule has 0 radical (unpaired) electrons. The van der Waals surface area contributed by atoms with E-state index >= 15 is 0 Å². The molecule has 1 aromatic carbocycles. The van der Waals surface area contributed by atoms with Crippen molar-refractivity contribution in [2.75, 3.05) is 5.32 Å². The van der Waals surface area contributed by atoms with Crippen molar-refractivity contribution in [3.8, 4) is 0 Å². The Kier molecular flexibility index (Phi) is 4.12. The lowest BCUT2D eigenvalue weighted by Gasteiger charge is -2.18. The summed E-state index contributed by atoms with van der Waals surface area (Å²) in [5.74, 6) is 0. The first-order valence-corrected chi connectivity index (χ1v) is 8.33. The number of thioether (sulfide) groups is 1. The lowest BCUT2D eigenvalue weighted by Crippen LogP contribution is -2.08. The molecule has 0 saturated heterocycles. The zero-order chi connectivity index (χ0) is 15.0. The largest absolute Gasteiger partial charge is 0.446 e. The summed E-state index contributed by atoms with van der Waals surface area (Å²) in [7, 11) is 0. The maximum absolute atomic E-state index is 12.6. The summed E-state index contributed by atoms with van der Waals surface area (Å²) in [5, 5.41) is 3.23. The van der Waals surface area contributed by atoms with Gasteiger partial charge in [-0.2, -0.15) is 13.2 Å². The van der Waals surface area contributed by atoms with Gasteiger partial charge >= 0.3 is 5.51 Å². The fraction of sp³-hybridized carbons (Fsp3) is 0.286. The van der Waals surface area contributed by atoms with Gasteiger partial charge in [-0.3, -0.25) is 0 Å². The van der Waals surface area contributed by atoms with Crippen molar-refractivity contribution in [3.63, 3.8) is 0 Å². The van der Waals surface area contributed by atoms with Crippen LogP contribution in [0, 0.1) is 0 Å². The van der Waals surface area contributed by atoms with Crippen molar-refractivity contribution in [2.24, 2.45) is 0 Å². The molecule has 1 aliphatic rings. The minimum absolute atomic E-state index is 0.0266. The third-order valence-electron chi connectivity index (χ3n) is 3.29. The van der Waals surface area contributed by atoms with E-state index in [0.29, 0.717) is 5.69 Å². The van der Waals surface area contributed by atoms with Gasteiger partial charge in [0, 0.05) is 15.5 Å². The van der Waals surface area contributed by atoms with E-state index in [2.05, 4.69) is 5.32 Å². The van der Waals surface area contributed by atoms with E-state index in [9.17, 15) is 13.2 Å². The Hall–Kier alpha value is -0.850. The van der Waals surface area contributed by atoms with Crippen molar-refractivity contribution in [1.29, 1.82) is 0 Å². The number of hydrogen-bond acceptors (Lipinski definition) is 3. The zero-order valence-electron chi connectivity index (χ0n) is 10.7. The highest BCUT2D eigenvalue weighted by Crippen LogP contribution is 2.44. The normalized spacial score (nSPS) is 17.8. The molecule has 0 spiro atoms. The number of benzene rings is 1. The molecule has 1 heterocycles. The van der Waals surface area contributed by atoms with Crippen LogP contribution in [0.1, 0.15) is 22.9 Å². The second-order valence-corrected chi connectivity index (χ2v) is 7.58. The van der Waals surface area contributed by atoms with Gasteiger partial charge in [-0.05, 0) is 48.4 Å². The molecule has 0 aliphatic heterocycles. The van der Waals surface area contributed by atoms with Crippen LogP contribution in [0.5, 0.6) is 0 Å². The molecular weight excluding hydrogens is 339 g/mol. The molecule has 0 fully saturated rings. The summed E-state index contributed by atoms with van der Waals surface area (Å²) >= 11 is 7.46. The van der Waals surface area contributed by atoms with E-state index in [1.807, 2.05) is 6.07 Å². The molecule has 1 N–H and O–H groups in total. The minimum Gasteiger partial charge on any atom is -0.377 e. The van der Waals surface area contributed by atoms with Crippen molar-refractivity contribution in [1.82, 2.24) is 0 Å². The van der Waals surface area contributed by atoms with Crippen LogP contribution in [0.2, 0.25) is 4.34 Å². The summed E-state index contributed by atoms with van der Waals surface area (Å²) < 4.78 is 38.5. The van der Waals surface area contributed by atoms with E-state index in [-0.39, 0.29) is 22.7 Å². The van der Waals surface area contributed by atoms with Gasteiger partial charge in [-0.1, -0.05) is 23.7 Å². The lowest BCUT2D eigenvalue weighted by molar-refractivity contribution is -0.0327. The van der Waals surface area contributed by atoms with Gasteiger partial charge in [0.05, 0.1) is 10.4 Å². The Bertz CT molecular complexity index is 654. The highest BCUT2D eigenvalue weighted by Gasteiger charge is 2.31. The predicted molar refractivity (Wildman–Crippen MR) is 82.4 cm³/mol. The van der Waals surface area contributed by atoms with Crippen LogP contribution in [-0.2, 0) is 6.42 Å². The summed E-state index contributed by atoms with van der Waals surface area (Å²) in [6.07, 6.45) is 1.79. The van der Waals surface area contributed by atoms with E-state index in [1.165, 1.54) is 10.9 Å². The number of thiophene rings is 1. The van der Waals surface area contributed by atoms with E-state index < -0.39 is 5.51 Å². The minimum atomic E-state index is -4.29. The third-order valence-corrected chi connectivity index (χ3v) is 5.44. The summed E-state index contributed by atoms with van der Waals surface area (Å²) in [6.45, 7) is 0. The van der Waals surface area contributed by atoms with Crippen molar-refractivity contribution in [2.45, 2.75) is 29.3 Å². The standard InChI is InChI=1S/C14H11ClF3NS2/c15-13-7-8-9(5-6-11(8)20-13)19-10-3-1-2-4-12(10)21-14(16,17)18/h1-4,7,9,19H,5-6H2. The Morgan fingerprint density at radius 3 is 2.81 bits per heavy atom. The second kappa shape index (κ2) is 5.74. The Morgan fingerprint density at radius 2 is 2.05 bits per heavy atom. The topological polar surface area (TPSA) is 12.0 Å². The van der Waals surface area contributed by atoms with Gasteiger partial charge in [0.2, 0.25) is 0 Å².